The van der Waals surface area contributed by atoms with Crippen molar-refractivity contribution in [3.05, 3.63) is 28.8 Å². The number of nitrogens with zero attached hydrogens (tertiary/aromatic N) is 6. The molecule has 1 amide bonds. The third-order valence-corrected chi connectivity index (χ3v) is 5.04. The fourth-order valence-corrected chi connectivity index (χ4v) is 3.56. The molecule has 1 fully saturated rings. The molecule has 0 atom stereocenters. The zero-order chi connectivity index (χ0) is 18.1. The summed E-state index contributed by atoms with van der Waals surface area (Å²) in [4.78, 5) is 13.6. The molecule has 136 valence electrons. The Morgan fingerprint density at radius 2 is 2.00 bits per heavy atom. The van der Waals surface area contributed by atoms with E-state index < -0.39 is 5.91 Å². The van der Waals surface area contributed by atoms with Crippen LogP contribution in [0.2, 0.25) is 0 Å². The molecule has 1 saturated heterocycles. The first-order chi connectivity index (χ1) is 11.9. The Balaban J connectivity index is 1.62. The maximum atomic E-state index is 11.2. The lowest BCUT2D eigenvalue weighted by atomic mass is 10.0. The second-order valence-electron chi connectivity index (χ2n) is 7.14. The van der Waals surface area contributed by atoms with Crippen molar-refractivity contribution >= 4 is 5.91 Å². The van der Waals surface area contributed by atoms with E-state index in [9.17, 15) is 4.79 Å². The Kier molecular flexibility index (Phi) is 4.89. The summed E-state index contributed by atoms with van der Waals surface area (Å²) in [7, 11) is 0. The van der Waals surface area contributed by atoms with Crippen molar-refractivity contribution in [2.24, 2.45) is 5.73 Å². The number of aromatic nitrogens is 5. The molecule has 0 aliphatic carbocycles. The molecule has 0 bridgehead atoms. The molecule has 25 heavy (non-hydrogen) atoms. The van der Waals surface area contributed by atoms with Crippen LogP contribution < -0.4 is 5.73 Å². The van der Waals surface area contributed by atoms with Crippen molar-refractivity contribution in [1.29, 1.82) is 0 Å². The topological polar surface area (TPSA) is 94.9 Å². The average Bonchev–Trinajstić information content (AvgIpc) is 3.16. The number of rotatable bonds is 5. The van der Waals surface area contributed by atoms with Crippen LogP contribution in [0.5, 0.6) is 0 Å². The summed E-state index contributed by atoms with van der Waals surface area (Å²) in [5.74, 6) is -0.531. The Bertz CT molecular complexity index is 753. The number of nitrogens with two attached hydrogens (primary N) is 1. The minimum Gasteiger partial charge on any atom is -0.364 e. The maximum Gasteiger partial charge on any atom is 0.270 e. The van der Waals surface area contributed by atoms with Gasteiger partial charge in [-0.25, -0.2) is 4.68 Å². The third-order valence-electron chi connectivity index (χ3n) is 5.04. The molecule has 0 aromatic carbocycles. The van der Waals surface area contributed by atoms with Gasteiger partial charge in [0.15, 0.2) is 5.69 Å². The highest BCUT2D eigenvalue weighted by Gasteiger charge is 2.24. The summed E-state index contributed by atoms with van der Waals surface area (Å²) in [6.45, 7) is 11.5. The van der Waals surface area contributed by atoms with Gasteiger partial charge >= 0.3 is 0 Å². The monoisotopic (exact) mass is 345 g/mol. The zero-order valence-electron chi connectivity index (χ0n) is 15.4. The van der Waals surface area contributed by atoms with Gasteiger partial charge in [0.05, 0.1) is 17.9 Å². The first-order valence-electron chi connectivity index (χ1n) is 8.85. The highest BCUT2D eigenvalue weighted by atomic mass is 16.1. The molecule has 3 heterocycles. The van der Waals surface area contributed by atoms with E-state index in [-0.39, 0.29) is 11.7 Å². The summed E-state index contributed by atoms with van der Waals surface area (Å²) in [5.41, 5.74) is 9.20. The van der Waals surface area contributed by atoms with Gasteiger partial charge in [-0.05, 0) is 40.5 Å². The number of carbonyl (C=O) groups is 1. The van der Waals surface area contributed by atoms with Crippen LogP contribution >= 0.6 is 0 Å². The van der Waals surface area contributed by atoms with E-state index in [0.717, 1.165) is 38.2 Å². The summed E-state index contributed by atoms with van der Waals surface area (Å²) < 4.78 is 3.89. The highest BCUT2D eigenvalue weighted by molar-refractivity contribution is 5.90. The molecule has 0 radical (unpaired) electrons. The van der Waals surface area contributed by atoms with Gasteiger partial charge in [0, 0.05) is 36.9 Å². The number of hydrogen-bond acceptors (Lipinski definition) is 5. The van der Waals surface area contributed by atoms with Crippen molar-refractivity contribution in [2.75, 3.05) is 13.1 Å². The first kappa shape index (κ1) is 17.6. The van der Waals surface area contributed by atoms with E-state index in [0.29, 0.717) is 6.04 Å². The fourth-order valence-electron chi connectivity index (χ4n) is 3.56. The number of primary amides is 1. The van der Waals surface area contributed by atoms with Crippen molar-refractivity contribution in [2.45, 2.75) is 59.2 Å². The van der Waals surface area contributed by atoms with E-state index in [1.54, 1.807) is 10.9 Å². The lowest BCUT2D eigenvalue weighted by molar-refractivity contribution is 0.0995. The van der Waals surface area contributed by atoms with Gasteiger partial charge < -0.3 is 5.73 Å². The van der Waals surface area contributed by atoms with Crippen LogP contribution in [-0.4, -0.2) is 48.7 Å². The number of likely N-dealkylation sites (tertiary alicyclic amines) is 1. The Labute approximate surface area is 148 Å². The molecule has 2 N–H and O–H groups in total. The Hall–Kier alpha value is -2.22. The standard InChI is InChI=1S/C17H27N7O/c1-11(2)24-13(4)15(12(3)20-24)9-22-7-5-14(6-8-22)23-10-16(17(18)25)19-21-23/h10-11,14H,5-9H2,1-4H3,(H2,18,25). The van der Waals surface area contributed by atoms with Crippen LogP contribution in [0, 0.1) is 13.8 Å². The molecule has 0 saturated carbocycles. The molecule has 0 unspecified atom stereocenters. The molecule has 2 aromatic heterocycles. The van der Waals surface area contributed by atoms with Gasteiger partial charge in [0.1, 0.15) is 0 Å². The minimum absolute atomic E-state index is 0.231. The highest BCUT2D eigenvalue weighted by Crippen LogP contribution is 2.25. The average molecular weight is 345 g/mol. The van der Waals surface area contributed by atoms with Crippen LogP contribution in [-0.2, 0) is 6.54 Å². The molecule has 8 heteroatoms. The molecule has 3 rings (SSSR count). The number of carbonyl (C=O) groups excluding carboxylic acids is 1. The lowest BCUT2D eigenvalue weighted by Crippen LogP contribution is -2.34. The number of piperidine rings is 1. The van der Waals surface area contributed by atoms with E-state index in [1.165, 1.54) is 11.3 Å². The summed E-state index contributed by atoms with van der Waals surface area (Å²) in [5, 5.41) is 12.6. The molecule has 0 spiro atoms. The summed E-state index contributed by atoms with van der Waals surface area (Å²) in [6.07, 6.45) is 3.62. The predicted octanol–water partition coefficient (Wildman–Crippen LogP) is 1.61. The van der Waals surface area contributed by atoms with Crippen LogP contribution in [0.3, 0.4) is 0 Å². The van der Waals surface area contributed by atoms with Gasteiger partial charge in [-0.3, -0.25) is 14.4 Å². The van der Waals surface area contributed by atoms with E-state index in [2.05, 4.69) is 52.7 Å². The molecular weight excluding hydrogens is 318 g/mol. The van der Waals surface area contributed by atoms with Crippen LogP contribution in [0.1, 0.15) is 66.2 Å². The quantitative estimate of drug-likeness (QED) is 0.888. The third kappa shape index (κ3) is 3.58. The smallest absolute Gasteiger partial charge is 0.270 e. The van der Waals surface area contributed by atoms with Crippen molar-refractivity contribution in [3.63, 3.8) is 0 Å². The van der Waals surface area contributed by atoms with Crippen LogP contribution in [0.15, 0.2) is 6.20 Å². The molecule has 1 aliphatic rings. The van der Waals surface area contributed by atoms with E-state index in [4.69, 9.17) is 5.73 Å². The predicted molar refractivity (Wildman–Crippen MR) is 94.2 cm³/mol. The van der Waals surface area contributed by atoms with E-state index >= 15 is 0 Å². The van der Waals surface area contributed by atoms with E-state index in [1.807, 2.05) is 0 Å². The van der Waals surface area contributed by atoms with Crippen molar-refractivity contribution in [1.82, 2.24) is 29.7 Å². The number of amides is 1. The van der Waals surface area contributed by atoms with Gasteiger partial charge in [-0.15, -0.1) is 5.10 Å². The van der Waals surface area contributed by atoms with Gasteiger partial charge in [0.2, 0.25) is 0 Å². The first-order valence-corrected chi connectivity index (χ1v) is 8.85. The second kappa shape index (κ2) is 6.95. The molecule has 2 aromatic rings. The Morgan fingerprint density at radius 1 is 1.32 bits per heavy atom. The lowest BCUT2D eigenvalue weighted by Gasteiger charge is -2.31. The summed E-state index contributed by atoms with van der Waals surface area (Å²) >= 11 is 0. The van der Waals surface area contributed by atoms with Gasteiger partial charge in [0.25, 0.3) is 5.91 Å². The minimum atomic E-state index is -0.531. The maximum absolute atomic E-state index is 11.2. The van der Waals surface area contributed by atoms with Crippen LogP contribution in [0.25, 0.3) is 0 Å². The van der Waals surface area contributed by atoms with Gasteiger partial charge in [-0.1, -0.05) is 5.21 Å². The second-order valence-corrected chi connectivity index (χ2v) is 7.14. The van der Waals surface area contributed by atoms with Gasteiger partial charge in [-0.2, -0.15) is 5.10 Å². The molecule has 1 aliphatic heterocycles. The van der Waals surface area contributed by atoms with Crippen LogP contribution in [0.4, 0.5) is 0 Å². The van der Waals surface area contributed by atoms with Crippen molar-refractivity contribution < 1.29 is 4.79 Å². The molecule has 8 nitrogen and oxygen atoms in total. The zero-order valence-corrected chi connectivity index (χ0v) is 15.4. The normalized spacial score (nSPS) is 16.7. The fraction of sp³-hybridized carbons (Fsp3) is 0.647. The summed E-state index contributed by atoms with van der Waals surface area (Å²) in [6, 6.07) is 0.655. The van der Waals surface area contributed by atoms with Crippen molar-refractivity contribution in [3.8, 4) is 0 Å². The molecular formula is C17H27N7O. The number of aryl methyl sites for hydroxylation is 1. The largest absolute Gasteiger partial charge is 0.364 e. The SMILES string of the molecule is Cc1nn(C(C)C)c(C)c1CN1CCC(n2cc(C(N)=O)nn2)CC1. The Morgan fingerprint density at radius 3 is 2.52 bits per heavy atom. The number of hydrogen-bond donors (Lipinski definition) is 1.